The summed E-state index contributed by atoms with van der Waals surface area (Å²) in [6.07, 6.45) is 3.86. The van der Waals surface area contributed by atoms with E-state index in [1.165, 1.54) is 11.1 Å². The number of hydrogen-bond acceptors (Lipinski definition) is 2. The molecule has 106 valence electrons. The van der Waals surface area contributed by atoms with Crippen LogP contribution >= 0.6 is 0 Å². The van der Waals surface area contributed by atoms with Crippen molar-refractivity contribution in [1.29, 1.82) is 0 Å². The molecule has 3 aromatic rings. The molecule has 3 rings (SSSR count). The van der Waals surface area contributed by atoms with Crippen LogP contribution in [0.15, 0.2) is 66.9 Å². The van der Waals surface area contributed by atoms with Crippen molar-refractivity contribution >= 4 is 10.9 Å². The molecule has 0 radical (unpaired) electrons. The third-order valence-electron chi connectivity index (χ3n) is 3.80. The second kappa shape index (κ2) is 6.51. The fourth-order valence-electron chi connectivity index (χ4n) is 2.67. The van der Waals surface area contributed by atoms with Gasteiger partial charge in [0.15, 0.2) is 0 Å². The number of pyridine rings is 1. The lowest BCUT2D eigenvalue weighted by atomic mass is 9.99. The Morgan fingerprint density at radius 1 is 0.905 bits per heavy atom. The molecule has 1 aromatic heterocycles. The molecule has 21 heavy (non-hydrogen) atoms. The van der Waals surface area contributed by atoms with Gasteiger partial charge in [0.2, 0.25) is 0 Å². The first-order valence-corrected chi connectivity index (χ1v) is 7.37. The van der Waals surface area contributed by atoms with Gasteiger partial charge < -0.3 is 5.11 Å². The second-order valence-electron chi connectivity index (χ2n) is 5.37. The highest BCUT2D eigenvalue weighted by Gasteiger charge is 2.09. The number of aryl methyl sites for hydroxylation is 1. The number of aromatic nitrogens is 1. The number of fused-ring (bicyclic) bond motifs is 1. The zero-order valence-corrected chi connectivity index (χ0v) is 11.9. The SMILES string of the molecule is OC(CCc1ccccc1)Cc1ccnc2ccccc12. The molecule has 0 saturated heterocycles. The lowest BCUT2D eigenvalue weighted by molar-refractivity contribution is 0.165. The van der Waals surface area contributed by atoms with Gasteiger partial charge in [-0.05, 0) is 42.5 Å². The van der Waals surface area contributed by atoms with Gasteiger partial charge in [0, 0.05) is 11.6 Å². The van der Waals surface area contributed by atoms with Crippen molar-refractivity contribution in [2.75, 3.05) is 0 Å². The van der Waals surface area contributed by atoms with E-state index in [0.29, 0.717) is 6.42 Å². The molecule has 0 aliphatic carbocycles. The van der Waals surface area contributed by atoms with Gasteiger partial charge in [0.1, 0.15) is 0 Å². The molecule has 1 atom stereocenters. The van der Waals surface area contributed by atoms with E-state index >= 15 is 0 Å². The van der Waals surface area contributed by atoms with Gasteiger partial charge in [0.05, 0.1) is 11.6 Å². The fraction of sp³-hybridized carbons (Fsp3) is 0.211. The quantitative estimate of drug-likeness (QED) is 0.770. The third-order valence-corrected chi connectivity index (χ3v) is 3.80. The van der Waals surface area contributed by atoms with Crippen molar-refractivity contribution in [3.05, 3.63) is 78.0 Å². The number of nitrogens with zero attached hydrogens (tertiary/aromatic N) is 1. The summed E-state index contributed by atoms with van der Waals surface area (Å²) in [4.78, 5) is 4.36. The van der Waals surface area contributed by atoms with E-state index in [4.69, 9.17) is 0 Å². The van der Waals surface area contributed by atoms with Crippen LogP contribution in [-0.2, 0) is 12.8 Å². The Morgan fingerprint density at radius 2 is 1.67 bits per heavy atom. The molecular weight excluding hydrogens is 258 g/mol. The zero-order valence-electron chi connectivity index (χ0n) is 11.9. The van der Waals surface area contributed by atoms with Gasteiger partial charge in [0.25, 0.3) is 0 Å². The summed E-state index contributed by atoms with van der Waals surface area (Å²) in [5, 5.41) is 11.4. The minimum absolute atomic E-state index is 0.323. The van der Waals surface area contributed by atoms with Crippen molar-refractivity contribution in [2.24, 2.45) is 0 Å². The van der Waals surface area contributed by atoms with E-state index in [2.05, 4.69) is 23.2 Å². The number of aliphatic hydroxyl groups excluding tert-OH is 1. The average molecular weight is 277 g/mol. The molecule has 0 amide bonds. The predicted octanol–water partition coefficient (Wildman–Crippen LogP) is 3.77. The Bertz CT molecular complexity index is 704. The maximum Gasteiger partial charge on any atom is 0.0704 e. The van der Waals surface area contributed by atoms with Crippen LogP contribution in [0.25, 0.3) is 10.9 Å². The van der Waals surface area contributed by atoms with Crippen LogP contribution in [0.5, 0.6) is 0 Å². The average Bonchev–Trinajstić information content (AvgIpc) is 2.54. The van der Waals surface area contributed by atoms with Gasteiger partial charge in [-0.25, -0.2) is 0 Å². The van der Waals surface area contributed by atoms with Crippen LogP contribution in [0.1, 0.15) is 17.5 Å². The minimum atomic E-state index is -0.323. The van der Waals surface area contributed by atoms with Gasteiger partial charge in [-0.3, -0.25) is 4.98 Å². The van der Waals surface area contributed by atoms with Crippen molar-refractivity contribution in [3.63, 3.8) is 0 Å². The summed E-state index contributed by atoms with van der Waals surface area (Å²) in [5.41, 5.74) is 3.43. The molecule has 2 aromatic carbocycles. The molecule has 1 heterocycles. The minimum Gasteiger partial charge on any atom is -0.393 e. The maximum absolute atomic E-state index is 10.3. The van der Waals surface area contributed by atoms with E-state index in [9.17, 15) is 5.11 Å². The standard InChI is InChI=1S/C19H19NO/c21-17(11-10-15-6-2-1-3-7-15)14-16-12-13-20-19-9-5-4-8-18(16)19/h1-9,12-13,17,21H,10-11,14H2. The van der Waals surface area contributed by atoms with Crippen LogP contribution in [0.2, 0.25) is 0 Å². The number of aliphatic hydroxyl groups is 1. The third kappa shape index (κ3) is 3.47. The first kappa shape index (κ1) is 13.8. The van der Waals surface area contributed by atoms with E-state index in [0.717, 1.165) is 23.7 Å². The fourth-order valence-corrected chi connectivity index (χ4v) is 2.67. The van der Waals surface area contributed by atoms with Crippen LogP contribution in [0.4, 0.5) is 0 Å². The van der Waals surface area contributed by atoms with Gasteiger partial charge >= 0.3 is 0 Å². The summed E-state index contributed by atoms with van der Waals surface area (Å²) in [7, 11) is 0. The molecule has 0 spiro atoms. The first-order chi connectivity index (χ1) is 10.3. The van der Waals surface area contributed by atoms with Crippen LogP contribution in [-0.4, -0.2) is 16.2 Å². The van der Waals surface area contributed by atoms with Gasteiger partial charge in [-0.1, -0.05) is 48.5 Å². The summed E-state index contributed by atoms with van der Waals surface area (Å²) < 4.78 is 0. The predicted molar refractivity (Wildman–Crippen MR) is 86.2 cm³/mol. The van der Waals surface area contributed by atoms with E-state index in [-0.39, 0.29) is 6.10 Å². The summed E-state index contributed by atoms with van der Waals surface area (Å²) >= 11 is 0. The smallest absolute Gasteiger partial charge is 0.0704 e. The highest BCUT2D eigenvalue weighted by molar-refractivity contribution is 5.81. The first-order valence-electron chi connectivity index (χ1n) is 7.37. The lowest BCUT2D eigenvalue weighted by Crippen LogP contribution is -2.12. The van der Waals surface area contributed by atoms with Crippen LogP contribution in [0, 0.1) is 0 Å². The zero-order chi connectivity index (χ0) is 14.5. The van der Waals surface area contributed by atoms with E-state index in [1.807, 2.05) is 48.7 Å². The molecule has 0 aliphatic heterocycles. The van der Waals surface area contributed by atoms with Crippen molar-refractivity contribution in [1.82, 2.24) is 4.98 Å². The second-order valence-corrected chi connectivity index (χ2v) is 5.37. The van der Waals surface area contributed by atoms with E-state index in [1.54, 1.807) is 0 Å². The van der Waals surface area contributed by atoms with E-state index < -0.39 is 0 Å². The Morgan fingerprint density at radius 3 is 2.52 bits per heavy atom. The molecule has 0 aliphatic rings. The molecule has 1 unspecified atom stereocenters. The normalized spacial score (nSPS) is 12.4. The van der Waals surface area contributed by atoms with Crippen LogP contribution in [0.3, 0.4) is 0 Å². The molecule has 0 bridgehead atoms. The monoisotopic (exact) mass is 277 g/mol. The largest absolute Gasteiger partial charge is 0.393 e. The lowest BCUT2D eigenvalue weighted by Gasteiger charge is -2.12. The number of para-hydroxylation sites is 1. The Labute approximate surface area is 125 Å². The molecule has 1 N–H and O–H groups in total. The van der Waals surface area contributed by atoms with Crippen molar-refractivity contribution in [3.8, 4) is 0 Å². The van der Waals surface area contributed by atoms with Crippen LogP contribution < -0.4 is 0 Å². The van der Waals surface area contributed by atoms with Gasteiger partial charge in [-0.2, -0.15) is 0 Å². The Hall–Kier alpha value is -2.19. The van der Waals surface area contributed by atoms with Crippen molar-refractivity contribution in [2.45, 2.75) is 25.4 Å². The highest BCUT2D eigenvalue weighted by atomic mass is 16.3. The molecule has 2 heteroatoms. The Kier molecular flexibility index (Phi) is 4.27. The number of hydrogen-bond donors (Lipinski definition) is 1. The molecule has 0 fully saturated rings. The Balaban J connectivity index is 1.67. The highest BCUT2D eigenvalue weighted by Crippen LogP contribution is 2.19. The number of benzene rings is 2. The maximum atomic E-state index is 10.3. The summed E-state index contributed by atoms with van der Waals surface area (Å²) in [5.74, 6) is 0. The number of rotatable bonds is 5. The summed E-state index contributed by atoms with van der Waals surface area (Å²) in [6.45, 7) is 0. The van der Waals surface area contributed by atoms with Gasteiger partial charge in [-0.15, -0.1) is 0 Å². The molecular formula is C19H19NO. The van der Waals surface area contributed by atoms with Crippen molar-refractivity contribution < 1.29 is 5.11 Å². The molecule has 2 nitrogen and oxygen atoms in total. The molecule has 0 saturated carbocycles. The summed E-state index contributed by atoms with van der Waals surface area (Å²) in [6, 6.07) is 20.4. The topological polar surface area (TPSA) is 33.1 Å².